The highest BCUT2D eigenvalue weighted by Crippen LogP contribution is 2.18. The molecule has 1 heterocycles. The van der Waals surface area contributed by atoms with Crippen molar-refractivity contribution in [2.75, 3.05) is 33.8 Å². The van der Waals surface area contributed by atoms with Gasteiger partial charge in [-0.3, -0.25) is 14.7 Å². The Hall–Kier alpha value is -1.39. The number of halogens is 1. The predicted octanol–water partition coefficient (Wildman–Crippen LogP) is 2.09. The van der Waals surface area contributed by atoms with Crippen molar-refractivity contribution in [3.8, 4) is 0 Å². The quantitative estimate of drug-likeness (QED) is 0.279. The number of nitrogens with one attached hydrogen (secondary N) is 2. The zero-order valence-electron chi connectivity index (χ0n) is 18.0. The fraction of sp³-hybridized carbons (Fsp3) is 0.619. The zero-order chi connectivity index (χ0) is 20.6. The molecule has 0 bridgehead atoms. The summed E-state index contributed by atoms with van der Waals surface area (Å²) in [7, 11) is 3.47. The number of carbonyl (C=O) groups is 1. The van der Waals surface area contributed by atoms with E-state index in [-0.39, 0.29) is 41.4 Å². The Balaban J connectivity index is 0.00000420. The number of primary amides is 1. The lowest BCUT2D eigenvalue weighted by Gasteiger charge is -2.31. The fourth-order valence-corrected chi connectivity index (χ4v) is 3.30. The number of benzene rings is 1. The van der Waals surface area contributed by atoms with Gasteiger partial charge in [0.25, 0.3) is 0 Å². The highest BCUT2D eigenvalue weighted by atomic mass is 127. The van der Waals surface area contributed by atoms with Crippen molar-refractivity contribution in [3.05, 3.63) is 35.4 Å². The van der Waals surface area contributed by atoms with Gasteiger partial charge in [0, 0.05) is 40.3 Å². The number of nitrogens with two attached hydrogens (primary N) is 1. The number of amides is 1. The Morgan fingerprint density at radius 2 is 2.07 bits per heavy atom. The van der Waals surface area contributed by atoms with E-state index in [0.717, 1.165) is 38.4 Å². The summed E-state index contributed by atoms with van der Waals surface area (Å²) in [5, 5.41) is 6.63. The van der Waals surface area contributed by atoms with Gasteiger partial charge >= 0.3 is 0 Å². The molecule has 1 aromatic carbocycles. The van der Waals surface area contributed by atoms with Crippen molar-refractivity contribution in [2.24, 2.45) is 16.6 Å². The molecule has 1 aliphatic heterocycles. The van der Waals surface area contributed by atoms with Gasteiger partial charge in [0.15, 0.2) is 5.96 Å². The maximum Gasteiger partial charge on any atom is 0.221 e. The predicted molar refractivity (Wildman–Crippen MR) is 128 cm³/mol. The average molecular weight is 517 g/mol. The summed E-state index contributed by atoms with van der Waals surface area (Å²) in [5.41, 5.74) is 7.67. The Labute approximate surface area is 191 Å². The number of methoxy groups -OCH3 is 1. The number of hydrogen-bond donors (Lipinski definition) is 3. The molecule has 8 heteroatoms. The van der Waals surface area contributed by atoms with E-state index in [4.69, 9.17) is 10.5 Å². The van der Waals surface area contributed by atoms with Crippen molar-refractivity contribution < 1.29 is 9.53 Å². The minimum atomic E-state index is -0.255. The van der Waals surface area contributed by atoms with Crippen LogP contribution in [0.1, 0.15) is 37.8 Å². The number of aliphatic imine (C=N–C) groups is 1. The van der Waals surface area contributed by atoms with Crippen LogP contribution in [0.25, 0.3) is 0 Å². The summed E-state index contributed by atoms with van der Waals surface area (Å²) < 4.78 is 5.43. The van der Waals surface area contributed by atoms with Gasteiger partial charge in [0.05, 0.1) is 11.5 Å². The molecule has 1 unspecified atom stereocenters. The van der Waals surface area contributed by atoms with Gasteiger partial charge in [0.1, 0.15) is 0 Å². The zero-order valence-corrected chi connectivity index (χ0v) is 20.4. The van der Waals surface area contributed by atoms with Crippen LogP contribution in [-0.4, -0.2) is 56.2 Å². The molecular weight excluding hydrogens is 481 g/mol. The topological polar surface area (TPSA) is 92.0 Å². The lowest BCUT2D eigenvalue weighted by atomic mass is 9.97. The van der Waals surface area contributed by atoms with E-state index < -0.39 is 0 Å². The van der Waals surface area contributed by atoms with Gasteiger partial charge in [0.2, 0.25) is 5.91 Å². The van der Waals surface area contributed by atoms with E-state index in [0.29, 0.717) is 13.1 Å². The first kappa shape index (κ1) is 25.6. The number of piperidine rings is 1. The molecule has 164 valence electrons. The molecule has 1 aliphatic rings. The minimum absolute atomic E-state index is 0. The van der Waals surface area contributed by atoms with Gasteiger partial charge in [-0.2, -0.15) is 0 Å². The van der Waals surface area contributed by atoms with Gasteiger partial charge in [-0.05, 0) is 44.4 Å². The second-order valence-electron chi connectivity index (χ2n) is 8.04. The van der Waals surface area contributed by atoms with Crippen LogP contribution in [0.4, 0.5) is 0 Å². The van der Waals surface area contributed by atoms with Crippen molar-refractivity contribution in [2.45, 2.75) is 45.4 Å². The number of hydrogen-bond acceptors (Lipinski definition) is 4. The van der Waals surface area contributed by atoms with Crippen LogP contribution in [0.15, 0.2) is 29.3 Å². The lowest BCUT2D eigenvalue weighted by Crippen LogP contribution is -2.45. The standard InChI is InChI=1S/C21H35N5O2.HI/c1-21(2,28-4)15-25-20(23-3)24-12-16-7-5-8-17(11-16)13-26-10-6-9-18(14-26)19(22)27;/h5,7-8,11,18H,6,9-10,12-15H2,1-4H3,(H2,22,27)(H2,23,24,25);1H. The molecule has 29 heavy (non-hydrogen) atoms. The van der Waals surface area contributed by atoms with Crippen molar-refractivity contribution in [1.82, 2.24) is 15.5 Å². The number of guanidine groups is 1. The lowest BCUT2D eigenvalue weighted by molar-refractivity contribution is -0.123. The van der Waals surface area contributed by atoms with E-state index in [2.05, 4.69) is 44.8 Å². The molecule has 0 aromatic heterocycles. The van der Waals surface area contributed by atoms with Crippen LogP contribution < -0.4 is 16.4 Å². The number of carbonyl (C=O) groups excluding carboxylic acids is 1. The molecule has 1 saturated heterocycles. The van der Waals surface area contributed by atoms with E-state index >= 15 is 0 Å². The van der Waals surface area contributed by atoms with Crippen LogP contribution in [0.3, 0.4) is 0 Å². The van der Waals surface area contributed by atoms with E-state index in [1.807, 2.05) is 13.8 Å². The van der Waals surface area contributed by atoms with Crippen LogP contribution in [0.5, 0.6) is 0 Å². The Bertz CT molecular complexity index is 681. The Morgan fingerprint density at radius 3 is 2.72 bits per heavy atom. The van der Waals surface area contributed by atoms with Gasteiger partial charge in [-0.1, -0.05) is 24.3 Å². The highest BCUT2D eigenvalue weighted by molar-refractivity contribution is 14.0. The molecule has 0 spiro atoms. The minimum Gasteiger partial charge on any atom is -0.377 e. The first-order chi connectivity index (χ1) is 13.3. The molecule has 0 saturated carbocycles. The van der Waals surface area contributed by atoms with Crippen molar-refractivity contribution >= 4 is 35.8 Å². The molecule has 1 fully saturated rings. The number of nitrogens with zero attached hydrogens (tertiary/aromatic N) is 2. The molecule has 7 nitrogen and oxygen atoms in total. The third kappa shape index (κ3) is 8.88. The third-order valence-corrected chi connectivity index (χ3v) is 5.22. The number of likely N-dealkylation sites (tertiary alicyclic amines) is 1. The maximum atomic E-state index is 11.5. The maximum absolute atomic E-state index is 11.5. The smallest absolute Gasteiger partial charge is 0.221 e. The van der Waals surface area contributed by atoms with Crippen LogP contribution in [0.2, 0.25) is 0 Å². The molecule has 1 aromatic rings. The SMILES string of the molecule is CN=C(NCc1cccc(CN2CCCC(C(N)=O)C2)c1)NCC(C)(C)OC.I. The highest BCUT2D eigenvalue weighted by Gasteiger charge is 2.23. The largest absolute Gasteiger partial charge is 0.377 e. The first-order valence-electron chi connectivity index (χ1n) is 9.92. The monoisotopic (exact) mass is 517 g/mol. The molecule has 0 aliphatic carbocycles. The van der Waals surface area contributed by atoms with Crippen molar-refractivity contribution in [1.29, 1.82) is 0 Å². The fourth-order valence-electron chi connectivity index (χ4n) is 3.30. The van der Waals surface area contributed by atoms with Gasteiger partial charge in [-0.25, -0.2) is 0 Å². The summed E-state index contributed by atoms with van der Waals surface area (Å²) in [6, 6.07) is 8.51. The number of ether oxygens (including phenoxy) is 1. The van der Waals surface area contributed by atoms with E-state index in [1.54, 1.807) is 14.2 Å². The van der Waals surface area contributed by atoms with E-state index in [9.17, 15) is 4.79 Å². The second-order valence-corrected chi connectivity index (χ2v) is 8.04. The summed E-state index contributed by atoms with van der Waals surface area (Å²) in [6.45, 7) is 8.01. The normalized spacial score (nSPS) is 18.1. The van der Waals surface area contributed by atoms with Gasteiger partial charge in [-0.15, -0.1) is 24.0 Å². The summed E-state index contributed by atoms with van der Waals surface area (Å²) in [6.07, 6.45) is 1.93. The third-order valence-electron chi connectivity index (χ3n) is 5.22. The second kappa shape index (κ2) is 12.3. The summed E-state index contributed by atoms with van der Waals surface area (Å²) in [5.74, 6) is 0.540. The summed E-state index contributed by atoms with van der Waals surface area (Å²) in [4.78, 5) is 18.1. The molecule has 1 atom stereocenters. The van der Waals surface area contributed by atoms with Crippen LogP contribution >= 0.6 is 24.0 Å². The summed E-state index contributed by atoms with van der Waals surface area (Å²) >= 11 is 0. The van der Waals surface area contributed by atoms with Gasteiger partial charge < -0.3 is 21.1 Å². The average Bonchev–Trinajstić information content (AvgIpc) is 2.68. The van der Waals surface area contributed by atoms with Crippen LogP contribution in [0, 0.1) is 5.92 Å². The number of rotatable bonds is 8. The molecule has 0 radical (unpaired) electrons. The molecule has 4 N–H and O–H groups in total. The first-order valence-corrected chi connectivity index (χ1v) is 9.92. The Kier molecular flexibility index (Phi) is 10.9. The van der Waals surface area contributed by atoms with Crippen LogP contribution in [-0.2, 0) is 22.6 Å². The molecule has 1 amide bonds. The van der Waals surface area contributed by atoms with E-state index in [1.165, 1.54) is 11.1 Å². The molecular formula is C21H36IN5O2. The molecule has 2 rings (SSSR count). The Morgan fingerprint density at radius 1 is 1.34 bits per heavy atom. The van der Waals surface area contributed by atoms with Crippen molar-refractivity contribution in [3.63, 3.8) is 0 Å².